The minimum Gasteiger partial charge on any atom is -0.435 e. The normalized spacial score (nSPS) is 15.1. The first-order valence-corrected chi connectivity index (χ1v) is 7.68. The minimum atomic E-state index is -0.673. The molecule has 0 aliphatic rings. The Hall–Kier alpha value is -1.25. The molecule has 0 fully saturated rings. The van der Waals surface area contributed by atoms with Crippen LogP contribution in [-0.4, -0.2) is 18.4 Å². The molecule has 0 radical (unpaired) electrons. The van der Waals surface area contributed by atoms with E-state index in [4.69, 9.17) is 9.47 Å². The average molecular weight is 296 g/mol. The van der Waals surface area contributed by atoms with Crippen molar-refractivity contribution in [2.75, 3.05) is 6.61 Å². The second kappa shape index (κ2) is 8.26. The topological polar surface area (TPSA) is 35.5 Å². The van der Waals surface area contributed by atoms with E-state index in [1.807, 2.05) is 26.8 Å². The van der Waals surface area contributed by atoms with Crippen molar-refractivity contribution in [3.05, 3.63) is 23.8 Å². The van der Waals surface area contributed by atoms with Crippen LogP contribution in [0.25, 0.3) is 0 Å². The van der Waals surface area contributed by atoms with Crippen molar-refractivity contribution in [1.29, 1.82) is 0 Å². The van der Waals surface area contributed by atoms with Crippen molar-refractivity contribution >= 4 is 6.16 Å². The van der Waals surface area contributed by atoms with E-state index in [0.29, 0.717) is 17.9 Å². The maximum Gasteiger partial charge on any atom is 0.509 e. The Kier molecular flexibility index (Phi) is 7.76. The fourth-order valence-electron chi connectivity index (χ4n) is 2.34. The quantitative estimate of drug-likeness (QED) is 0.478. The van der Waals surface area contributed by atoms with E-state index in [-0.39, 0.29) is 0 Å². The number of rotatable bonds is 6. The second-order valence-corrected chi connectivity index (χ2v) is 7.38. The highest BCUT2D eigenvalue weighted by Crippen LogP contribution is 2.25. The van der Waals surface area contributed by atoms with Gasteiger partial charge in [-0.2, -0.15) is 0 Å². The van der Waals surface area contributed by atoms with Crippen LogP contribution in [0.15, 0.2) is 23.8 Å². The first kappa shape index (κ1) is 19.8. The van der Waals surface area contributed by atoms with Gasteiger partial charge in [-0.3, -0.25) is 0 Å². The molecule has 0 heterocycles. The summed E-state index contributed by atoms with van der Waals surface area (Å²) >= 11 is 0. The van der Waals surface area contributed by atoms with Crippen LogP contribution in [0.3, 0.4) is 0 Å². The molecule has 0 aromatic rings. The standard InChI is InChI=1S/C18H32O3/c1-9-20-16(19)21-18(7,8)13-15(3)11-10-14(2)12-17(4,5)6/h10-11,13-14H,9,12H2,1-8H3/b11-10-,15-13+. The molecule has 0 bridgehead atoms. The zero-order valence-electron chi connectivity index (χ0n) is 14.9. The van der Waals surface area contributed by atoms with E-state index in [9.17, 15) is 4.79 Å². The van der Waals surface area contributed by atoms with Crippen molar-refractivity contribution in [3.8, 4) is 0 Å². The monoisotopic (exact) mass is 296 g/mol. The highest BCUT2D eigenvalue weighted by atomic mass is 16.7. The van der Waals surface area contributed by atoms with Crippen LogP contribution in [0, 0.1) is 11.3 Å². The van der Waals surface area contributed by atoms with E-state index >= 15 is 0 Å². The lowest BCUT2D eigenvalue weighted by molar-refractivity contribution is 0.00815. The molecule has 3 heteroatoms. The molecule has 0 rings (SSSR count). The van der Waals surface area contributed by atoms with Crippen LogP contribution >= 0.6 is 0 Å². The van der Waals surface area contributed by atoms with Gasteiger partial charge in [0.15, 0.2) is 0 Å². The van der Waals surface area contributed by atoms with Gasteiger partial charge in [0.05, 0.1) is 6.61 Å². The number of hydrogen-bond acceptors (Lipinski definition) is 3. The molecule has 0 aliphatic heterocycles. The van der Waals surface area contributed by atoms with Gasteiger partial charge in [0.1, 0.15) is 5.60 Å². The molecule has 0 aliphatic carbocycles. The van der Waals surface area contributed by atoms with E-state index in [1.165, 1.54) is 0 Å². The fourth-order valence-corrected chi connectivity index (χ4v) is 2.34. The summed E-state index contributed by atoms with van der Waals surface area (Å²) < 4.78 is 10.1. The Balaban J connectivity index is 4.61. The molecule has 0 N–H and O–H groups in total. The molecule has 0 aromatic heterocycles. The van der Waals surface area contributed by atoms with Crippen LogP contribution in [-0.2, 0) is 9.47 Å². The smallest absolute Gasteiger partial charge is 0.435 e. The molecule has 1 unspecified atom stereocenters. The predicted molar refractivity (Wildman–Crippen MR) is 88.3 cm³/mol. The first-order chi connectivity index (χ1) is 9.45. The summed E-state index contributed by atoms with van der Waals surface area (Å²) in [6.45, 7) is 16.7. The minimum absolute atomic E-state index is 0.321. The Morgan fingerprint density at radius 1 is 1.19 bits per heavy atom. The molecule has 0 aromatic carbocycles. The maximum atomic E-state index is 11.4. The van der Waals surface area contributed by atoms with Crippen LogP contribution in [0.2, 0.25) is 0 Å². The largest absolute Gasteiger partial charge is 0.509 e. The summed E-state index contributed by atoms with van der Waals surface area (Å²) in [6, 6.07) is 0. The average Bonchev–Trinajstić information content (AvgIpc) is 2.22. The number of carbonyl (C=O) groups is 1. The lowest BCUT2D eigenvalue weighted by atomic mass is 9.85. The Labute approximate surface area is 130 Å². The highest BCUT2D eigenvalue weighted by molar-refractivity contribution is 5.60. The van der Waals surface area contributed by atoms with E-state index in [0.717, 1.165) is 12.0 Å². The third-order valence-electron chi connectivity index (χ3n) is 2.81. The number of allylic oxidation sites excluding steroid dienone is 3. The van der Waals surface area contributed by atoms with Crippen molar-refractivity contribution in [3.63, 3.8) is 0 Å². The highest BCUT2D eigenvalue weighted by Gasteiger charge is 2.21. The molecule has 21 heavy (non-hydrogen) atoms. The maximum absolute atomic E-state index is 11.4. The number of ether oxygens (including phenoxy) is 2. The SMILES string of the molecule is CCOC(=O)OC(C)(C)/C=C(C)/C=C\C(C)CC(C)(C)C. The van der Waals surface area contributed by atoms with Crippen LogP contribution in [0.5, 0.6) is 0 Å². The van der Waals surface area contributed by atoms with Gasteiger partial charge in [-0.1, -0.05) is 45.4 Å². The van der Waals surface area contributed by atoms with Gasteiger partial charge >= 0.3 is 6.16 Å². The number of hydrogen-bond donors (Lipinski definition) is 0. The third-order valence-corrected chi connectivity index (χ3v) is 2.81. The molecule has 0 amide bonds. The lowest BCUT2D eigenvalue weighted by Gasteiger charge is -2.22. The van der Waals surface area contributed by atoms with Gasteiger partial charge in [-0.05, 0) is 51.5 Å². The third kappa shape index (κ3) is 11.1. The fraction of sp³-hybridized carbons (Fsp3) is 0.722. The molecule has 0 saturated heterocycles. The van der Waals surface area contributed by atoms with Crippen molar-refractivity contribution in [1.82, 2.24) is 0 Å². The summed E-state index contributed by atoms with van der Waals surface area (Å²) in [5.41, 5.74) is 0.729. The van der Waals surface area contributed by atoms with Gasteiger partial charge in [-0.25, -0.2) is 4.79 Å². The van der Waals surface area contributed by atoms with E-state index in [2.05, 4.69) is 39.8 Å². The zero-order chi connectivity index (χ0) is 16.7. The molecule has 122 valence electrons. The van der Waals surface area contributed by atoms with Gasteiger partial charge in [-0.15, -0.1) is 0 Å². The Bertz CT molecular complexity index is 384. The molecule has 0 saturated carbocycles. The Morgan fingerprint density at radius 2 is 1.76 bits per heavy atom. The molecular weight excluding hydrogens is 264 g/mol. The Morgan fingerprint density at radius 3 is 2.24 bits per heavy atom. The zero-order valence-corrected chi connectivity index (χ0v) is 14.9. The van der Waals surface area contributed by atoms with E-state index in [1.54, 1.807) is 6.92 Å². The second-order valence-electron chi connectivity index (χ2n) is 7.38. The summed E-state index contributed by atoms with van der Waals surface area (Å²) in [6.07, 6.45) is 6.74. The summed E-state index contributed by atoms with van der Waals surface area (Å²) in [5, 5.41) is 0. The van der Waals surface area contributed by atoms with Crippen LogP contribution < -0.4 is 0 Å². The van der Waals surface area contributed by atoms with Gasteiger partial charge < -0.3 is 9.47 Å². The lowest BCUT2D eigenvalue weighted by Crippen LogP contribution is -2.26. The summed E-state index contributed by atoms with van der Waals surface area (Å²) in [4.78, 5) is 11.4. The van der Waals surface area contributed by atoms with Gasteiger partial charge in [0.2, 0.25) is 0 Å². The van der Waals surface area contributed by atoms with Crippen molar-refractivity contribution < 1.29 is 14.3 Å². The van der Waals surface area contributed by atoms with Crippen LogP contribution in [0.4, 0.5) is 4.79 Å². The molecule has 3 nitrogen and oxygen atoms in total. The van der Waals surface area contributed by atoms with Crippen molar-refractivity contribution in [2.24, 2.45) is 11.3 Å². The van der Waals surface area contributed by atoms with Gasteiger partial charge in [0, 0.05) is 0 Å². The summed E-state index contributed by atoms with van der Waals surface area (Å²) in [7, 11) is 0. The molecular formula is C18H32O3. The van der Waals surface area contributed by atoms with Crippen molar-refractivity contribution in [2.45, 2.75) is 67.4 Å². The summed E-state index contributed by atoms with van der Waals surface area (Å²) in [5.74, 6) is 0.516. The number of carbonyl (C=O) groups excluding carboxylic acids is 1. The molecule has 0 spiro atoms. The van der Waals surface area contributed by atoms with Crippen LogP contribution in [0.1, 0.15) is 61.8 Å². The predicted octanol–water partition coefficient (Wildman–Crippen LogP) is 5.51. The van der Waals surface area contributed by atoms with Gasteiger partial charge in [0.25, 0.3) is 0 Å². The van der Waals surface area contributed by atoms with E-state index < -0.39 is 11.8 Å². The first-order valence-electron chi connectivity index (χ1n) is 7.68. The molecule has 1 atom stereocenters.